The van der Waals surface area contributed by atoms with Crippen LogP contribution >= 0.6 is 0 Å². The van der Waals surface area contributed by atoms with Gasteiger partial charge in [-0.25, -0.2) is 8.78 Å². The maximum atomic E-state index is 14.1. The quantitative estimate of drug-likeness (QED) is 0.792. The van der Waals surface area contributed by atoms with Crippen LogP contribution in [0.5, 0.6) is 0 Å². The van der Waals surface area contributed by atoms with Gasteiger partial charge in [0.25, 0.3) is 0 Å². The van der Waals surface area contributed by atoms with Crippen molar-refractivity contribution in [1.29, 1.82) is 0 Å². The minimum atomic E-state index is -1.15. The van der Waals surface area contributed by atoms with Gasteiger partial charge in [-0.05, 0) is 43.1 Å². The lowest BCUT2D eigenvalue weighted by molar-refractivity contribution is 0.190. The van der Waals surface area contributed by atoms with Gasteiger partial charge in [-0.3, -0.25) is 0 Å². The molecule has 82 valence electrons. The van der Waals surface area contributed by atoms with E-state index in [4.69, 9.17) is 0 Å². The molecule has 1 aromatic rings. The molecule has 0 spiro atoms. The second-order valence-corrected chi connectivity index (χ2v) is 4.33. The van der Waals surface area contributed by atoms with Gasteiger partial charge >= 0.3 is 0 Å². The summed E-state index contributed by atoms with van der Waals surface area (Å²) >= 11 is 0. The largest absolute Gasteiger partial charge is 0.313 e. The van der Waals surface area contributed by atoms with Crippen molar-refractivity contribution in [3.8, 4) is 0 Å². The monoisotopic (exact) mass is 211 g/mol. The van der Waals surface area contributed by atoms with Gasteiger partial charge in [0.1, 0.15) is 11.5 Å². The first-order valence-electron chi connectivity index (χ1n) is 5.24. The highest BCUT2D eigenvalue weighted by Crippen LogP contribution is 2.26. The van der Waals surface area contributed by atoms with Crippen molar-refractivity contribution in [1.82, 2.24) is 5.32 Å². The first-order chi connectivity index (χ1) is 7.09. The molecular weight excluding hydrogens is 196 g/mol. The van der Waals surface area contributed by atoms with E-state index in [1.165, 1.54) is 12.1 Å². The van der Waals surface area contributed by atoms with Crippen LogP contribution in [0.4, 0.5) is 8.78 Å². The Labute approximate surface area is 88.5 Å². The highest BCUT2D eigenvalue weighted by atomic mass is 19.1. The fourth-order valence-corrected chi connectivity index (χ4v) is 2.06. The number of hydrogen-bond acceptors (Lipinski definition) is 1. The fourth-order valence-electron chi connectivity index (χ4n) is 2.06. The standard InChI is InChI=1S/C12H15F2N/c1-9-6-11(13)3-2-10(9)7-12(14)4-5-15-8-12/h2-3,6,15H,4-5,7-8H2,1H3. The Bertz CT molecular complexity index is 357. The first kappa shape index (κ1) is 10.6. The van der Waals surface area contributed by atoms with E-state index in [2.05, 4.69) is 5.32 Å². The Morgan fingerprint density at radius 2 is 2.27 bits per heavy atom. The lowest BCUT2D eigenvalue weighted by atomic mass is 9.93. The Kier molecular flexibility index (Phi) is 2.74. The summed E-state index contributed by atoms with van der Waals surface area (Å²) in [5.74, 6) is -0.256. The molecule has 1 nitrogen and oxygen atoms in total. The SMILES string of the molecule is Cc1cc(F)ccc1CC1(F)CCNC1. The molecule has 1 fully saturated rings. The lowest BCUT2D eigenvalue weighted by Crippen LogP contribution is -2.29. The number of alkyl halides is 1. The fraction of sp³-hybridized carbons (Fsp3) is 0.500. The lowest BCUT2D eigenvalue weighted by Gasteiger charge is -2.19. The molecule has 1 unspecified atom stereocenters. The molecule has 0 amide bonds. The Balaban J connectivity index is 2.16. The summed E-state index contributed by atoms with van der Waals surface area (Å²) in [7, 11) is 0. The Hall–Kier alpha value is -0.960. The predicted molar refractivity (Wildman–Crippen MR) is 56.2 cm³/mol. The second kappa shape index (κ2) is 3.89. The number of hydrogen-bond donors (Lipinski definition) is 1. The number of nitrogens with one attached hydrogen (secondary N) is 1. The molecule has 3 heteroatoms. The number of aryl methyl sites for hydroxylation is 1. The van der Waals surface area contributed by atoms with Crippen LogP contribution in [0.15, 0.2) is 18.2 Å². The molecular formula is C12H15F2N. The molecule has 0 aliphatic carbocycles. The van der Waals surface area contributed by atoms with E-state index in [1.54, 1.807) is 6.07 Å². The summed E-state index contributed by atoms with van der Waals surface area (Å²) in [5.41, 5.74) is 0.587. The molecule has 2 rings (SSSR count). The van der Waals surface area contributed by atoms with Gasteiger partial charge in [0, 0.05) is 13.0 Å². The third-order valence-electron chi connectivity index (χ3n) is 3.00. The summed E-state index contributed by atoms with van der Waals surface area (Å²) in [5, 5.41) is 3.01. The van der Waals surface area contributed by atoms with Gasteiger partial charge in [0.15, 0.2) is 0 Å². The molecule has 0 aromatic heterocycles. The molecule has 1 aliphatic rings. The van der Waals surface area contributed by atoms with Crippen molar-refractivity contribution >= 4 is 0 Å². The van der Waals surface area contributed by atoms with E-state index in [0.717, 1.165) is 17.7 Å². The highest BCUT2D eigenvalue weighted by molar-refractivity contribution is 5.28. The molecule has 1 atom stereocenters. The summed E-state index contributed by atoms with van der Waals surface area (Å²) < 4.78 is 27.0. The molecule has 0 bridgehead atoms. The summed E-state index contributed by atoms with van der Waals surface area (Å²) in [4.78, 5) is 0. The van der Waals surface area contributed by atoms with Crippen LogP contribution in [-0.4, -0.2) is 18.8 Å². The zero-order chi connectivity index (χ0) is 10.9. The molecule has 0 saturated carbocycles. The van der Waals surface area contributed by atoms with Gasteiger partial charge in [0.2, 0.25) is 0 Å². The highest BCUT2D eigenvalue weighted by Gasteiger charge is 2.33. The molecule has 0 radical (unpaired) electrons. The average molecular weight is 211 g/mol. The minimum absolute atomic E-state index is 0.256. The van der Waals surface area contributed by atoms with Crippen molar-refractivity contribution in [3.63, 3.8) is 0 Å². The van der Waals surface area contributed by atoms with Crippen LogP contribution < -0.4 is 5.32 Å². The number of halogens is 2. The summed E-state index contributed by atoms with van der Waals surface area (Å²) in [6.45, 7) is 2.96. The zero-order valence-corrected chi connectivity index (χ0v) is 8.82. The molecule has 15 heavy (non-hydrogen) atoms. The molecule has 1 aliphatic heterocycles. The second-order valence-electron chi connectivity index (χ2n) is 4.33. The van der Waals surface area contributed by atoms with Crippen LogP contribution in [0, 0.1) is 12.7 Å². The third kappa shape index (κ3) is 2.34. The van der Waals surface area contributed by atoms with E-state index >= 15 is 0 Å². The molecule has 1 heterocycles. The smallest absolute Gasteiger partial charge is 0.128 e. The van der Waals surface area contributed by atoms with Gasteiger partial charge in [-0.2, -0.15) is 0 Å². The van der Waals surface area contributed by atoms with Gasteiger partial charge in [-0.15, -0.1) is 0 Å². The minimum Gasteiger partial charge on any atom is -0.313 e. The van der Waals surface area contributed by atoms with Crippen LogP contribution in [0.3, 0.4) is 0 Å². The maximum absolute atomic E-state index is 14.1. The maximum Gasteiger partial charge on any atom is 0.128 e. The Morgan fingerprint density at radius 3 is 2.87 bits per heavy atom. The summed E-state index contributed by atoms with van der Waals surface area (Å²) in [6.07, 6.45) is 0.927. The van der Waals surface area contributed by atoms with E-state index in [1.807, 2.05) is 6.92 Å². The van der Waals surface area contributed by atoms with Crippen LogP contribution in [0.2, 0.25) is 0 Å². The van der Waals surface area contributed by atoms with Crippen molar-refractivity contribution < 1.29 is 8.78 Å². The van der Waals surface area contributed by atoms with Gasteiger partial charge in [0.05, 0.1) is 0 Å². The van der Waals surface area contributed by atoms with E-state index in [0.29, 0.717) is 19.4 Å². The average Bonchev–Trinajstić information content (AvgIpc) is 2.58. The topological polar surface area (TPSA) is 12.0 Å². The van der Waals surface area contributed by atoms with Crippen LogP contribution in [0.25, 0.3) is 0 Å². The van der Waals surface area contributed by atoms with E-state index in [-0.39, 0.29) is 5.82 Å². The zero-order valence-electron chi connectivity index (χ0n) is 8.82. The van der Waals surface area contributed by atoms with Crippen molar-refractivity contribution in [3.05, 3.63) is 35.1 Å². The van der Waals surface area contributed by atoms with Crippen molar-refractivity contribution in [2.75, 3.05) is 13.1 Å². The summed E-state index contributed by atoms with van der Waals surface area (Å²) in [6, 6.07) is 4.54. The molecule has 1 saturated heterocycles. The predicted octanol–water partition coefficient (Wildman–Crippen LogP) is 2.38. The van der Waals surface area contributed by atoms with Gasteiger partial charge < -0.3 is 5.32 Å². The number of rotatable bonds is 2. The van der Waals surface area contributed by atoms with Gasteiger partial charge in [-0.1, -0.05) is 6.07 Å². The molecule has 1 N–H and O–H groups in total. The van der Waals surface area contributed by atoms with Crippen LogP contribution in [0.1, 0.15) is 17.5 Å². The van der Waals surface area contributed by atoms with Crippen molar-refractivity contribution in [2.45, 2.75) is 25.4 Å². The van der Waals surface area contributed by atoms with Crippen molar-refractivity contribution in [2.24, 2.45) is 0 Å². The third-order valence-corrected chi connectivity index (χ3v) is 3.00. The Morgan fingerprint density at radius 1 is 1.47 bits per heavy atom. The van der Waals surface area contributed by atoms with E-state index in [9.17, 15) is 8.78 Å². The number of benzene rings is 1. The normalized spacial score (nSPS) is 25.8. The first-order valence-corrected chi connectivity index (χ1v) is 5.24. The van der Waals surface area contributed by atoms with E-state index < -0.39 is 5.67 Å². The molecule has 1 aromatic carbocycles. The van der Waals surface area contributed by atoms with Crippen LogP contribution in [-0.2, 0) is 6.42 Å².